The number of nitrogens with one attached hydrogen (secondary N) is 1. The van der Waals surface area contributed by atoms with Crippen molar-refractivity contribution in [2.24, 2.45) is 0 Å². The number of nitrogens with zero attached hydrogens (tertiary/aromatic N) is 1. The highest BCUT2D eigenvalue weighted by atomic mass is 79.9. The van der Waals surface area contributed by atoms with Crippen LogP contribution in [-0.4, -0.2) is 29.1 Å². The molecule has 0 bridgehead atoms. The third-order valence-corrected chi connectivity index (χ3v) is 4.48. The first-order chi connectivity index (χ1) is 11.1. The van der Waals surface area contributed by atoms with E-state index in [2.05, 4.69) is 21.2 Å². The van der Waals surface area contributed by atoms with Gasteiger partial charge in [0.25, 0.3) is 0 Å². The highest BCUT2D eigenvalue weighted by Gasteiger charge is 2.32. The lowest BCUT2D eigenvalue weighted by molar-refractivity contribution is -0.133. The van der Waals surface area contributed by atoms with Crippen molar-refractivity contribution in [1.29, 1.82) is 0 Å². The summed E-state index contributed by atoms with van der Waals surface area (Å²) in [7, 11) is 0. The molecule has 1 aliphatic heterocycles. The topological polar surface area (TPSA) is 49.4 Å². The summed E-state index contributed by atoms with van der Waals surface area (Å²) in [6, 6.07) is 14.9. The van der Waals surface area contributed by atoms with Gasteiger partial charge in [-0.3, -0.25) is 9.59 Å². The fourth-order valence-electron chi connectivity index (χ4n) is 2.78. The van der Waals surface area contributed by atoms with Gasteiger partial charge in [-0.05, 0) is 23.8 Å². The number of fused-ring (bicyclic) bond motifs is 1. The third-order valence-electron chi connectivity index (χ3n) is 3.76. The van der Waals surface area contributed by atoms with Gasteiger partial charge in [0.2, 0.25) is 11.8 Å². The van der Waals surface area contributed by atoms with Gasteiger partial charge in [-0.2, -0.15) is 0 Å². The number of rotatable bonds is 2. The van der Waals surface area contributed by atoms with E-state index in [-0.39, 0.29) is 30.3 Å². The zero-order chi connectivity index (χ0) is 16.4. The van der Waals surface area contributed by atoms with Gasteiger partial charge in [0.15, 0.2) is 0 Å². The Bertz CT molecular complexity index is 752. The number of hydrogen-bond acceptors (Lipinski definition) is 2. The van der Waals surface area contributed by atoms with Crippen molar-refractivity contribution in [1.82, 2.24) is 4.90 Å². The smallest absolute Gasteiger partial charge is 0.244 e. The zero-order valence-corrected chi connectivity index (χ0v) is 14.5. The number of hydrogen-bond donors (Lipinski definition) is 1. The van der Waals surface area contributed by atoms with Crippen molar-refractivity contribution < 1.29 is 9.59 Å². The van der Waals surface area contributed by atoms with Crippen LogP contribution in [-0.2, 0) is 9.59 Å². The summed E-state index contributed by atoms with van der Waals surface area (Å²) >= 11 is 9.23. The van der Waals surface area contributed by atoms with Gasteiger partial charge < -0.3 is 10.2 Å². The maximum Gasteiger partial charge on any atom is 0.244 e. The first-order valence-electron chi connectivity index (χ1n) is 7.10. The molecule has 4 nitrogen and oxygen atoms in total. The predicted molar refractivity (Wildman–Crippen MR) is 93.5 cm³/mol. The lowest BCUT2D eigenvalue weighted by Gasteiger charge is -2.30. The van der Waals surface area contributed by atoms with Crippen molar-refractivity contribution >= 4 is 45.0 Å². The number of halogens is 2. The molecule has 0 aliphatic carbocycles. The summed E-state index contributed by atoms with van der Waals surface area (Å²) in [6.45, 7) is -0.0303. The Morgan fingerprint density at radius 2 is 2.00 bits per heavy atom. The second kappa shape index (κ2) is 6.72. The molecule has 0 spiro atoms. The van der Waals surface area contributed by atoms with E-state index in [1.165, 1.54) is 4.90 Å². The summed E-state index contributed by atoms with van der Waals surface area (Å²) in [6.07, 6.45) is 0. The second-order valence-corrected chi connectivity index (χ2v) is 6.43. The van der Waals surface area contributed by atoms with Crippen molar-refractivity contribution in [2.75, 3.05) is 17.7 Å². The molecule has 2 amide bonds. The van der Waals surface area contributed by atoms with Crippen molar-refractivity contribution in [3.05, 3.63) is 64.1 Å². The Hall–Kier alpha value is -1.85. The quantitative estimate of drug-likeness (QED) is 0.793. The maximum atomic E-state index is 12.3. The van der Waals surface area contributed by atoms with Gasteiger partial charge in [-0.15, -0.1) is 11.6 Å². The molecule has 1 atom stereocenters. The molecule has 0 saturated carbocycles. The number of anilines is 1. The summed E-state index contributed by atoms with van der Waals surface area (Å²) in [5, 5.41) is 2.86. The van der Waals surface area contributed by atoms with Crippen LogP contribution in [0.4, 0.5) is 5.69 Å². The molecule has 0 radical (unpaired) electrons. The van der Waals surface area contributed by atoms with E-state index in [9.17, 15) is 9.59 Å². The van der Waals surface area contributed by atoms with Gasteiger partial charge in [0.05, 0.1) is 6.04 Å². The number of alkyl halides is 1. The van der Waals surface area contributed by atoms with E-state index in [0.29, 0.717) is 5.69 Å². The molecule has 1 heterocycles. The molecule has 1 N–H and O–H groups in total. The van der Waals surface area contributed by atoms with Crippen LogP contribution in [0.15, 0.2) is 53.0 Å². The van der Waals surface area contributed by atoms with Crippen LogP contribution < -0.4 is 5.32 Å². The van der Waals surface area contributed by atoms with Gasteiger partial charge in [-0.25, -0.2) is 0 Å². The summed E-state index contributed by atoms with van der Waals surface area (Å²) in [5.41, 5.74) is 2.49. The Labute approximate surface area is 147 Å². The normalized spacial score (nSPS) is 17.2. The standard InChI is InChI=1S/C17H14BrClN2O2/c18-12-6-7-14-13(8-12)17(11-4-2-1-3-5-11)21(16(23)9-19)10-15(22)20-14/h1-8,17H,9-10H2,(H,20,22)/t17-/m1/s1. The monoisotopic (exact) mass is 392 g/mol. The molecule has 6 heteroatoms. The largest absolute Gasteiger partial charge is 0.324 e. The van der Waals surface area contributed by atoms with E-state index < -0.39 is 0 Å². The van der Waals surface area contributed by atoms with Crippen molar-refractivity contribution in [3.63, 3.8) is 0 Å². The van der Waals surface area contributed by atoms with Crippen LogP contribution in [0, 0.1) is 0 Å². The molecule has 118 valence electrons. The Balaban J connectivity index is 2.21. The van der Waals surface area contributed by atoms with E-state index in [1.54, 1.807) is 0 Å². The highest BCUT2D eigenvalue weighted by molar-refractivity contribution is 9.10. The Kier molecular flexibility index (Phi) is 4.68. The lowest BCUT2D eigenvalue weighted by atomic mass is 9.96. The molecule has 0 unspecified atom stereocenters. The van der Waals surface area contributed by atoms with Gasteiger partial charge in [0, 0.05) is 15.7 Å². The van der Waals surface area contributed by atoms with Gasteiger partial charge in [-0.1, -0.05) is 46.3 Å². The Morgan fingerprint density at radius 1 is 1.26 bits per heavy atom. The molecule has 2 aromatic rings. The van der Waals surface area contributed by atoms with E-state index in [1.807, 2.05) is 48.5 Å². The molecule has 0 saturated heterocycles. The number of carbonyl (C=O) groups is 2. The van der Waals surface area contributed by atoms with Crippen molar-refractivity contribution in [3.8, 4) is 0 Å². The average Bonchev–Trinajstić information content (AvgIpc) is 2.70. The van der Waals surface area contributed by atoms with Crippen LogP contribution >= 0.6 is 27.5 Å². The molecule has 0 aromatic heterocycles. The minimum atomic E-state index is -0.367. The number of carbonyl (C=O) groups excluding carboxylic acids is 2. The van der Waals surface area contributed by atoms with E-state index in [0.717, 1.165) is 15.6 Å². The molecular weight excluding hydrogens is 380 g/mol. The van der Waals surface area contributed by atoms with Crippen LogP contribution in [0.5, 0.6) is 0 Å². The fraction of sp³-hybridized carbons (Fsp3) is 0.176. The van der Waals surface area contributed by atoms with Crippen molar-refractivity contribution in [2.45, 2.75) is 6.04 Å². The first-order valence-corrected chi connectivity index (χ1v) is 8.42. The van der Waals surface area contributed by atoms with E-state index in [4.69, 9.17) is 11.6 Å². The molecule has 0 fully saturated rings. The summed E-state index contributed by atoms with van der Waals surface area (Å²) < 4.78 is 0.881. The minimum absolute atomic E-state index is 0.0303. The predicted octanol–water partition coefficient (Wildman–Crippen LogP) is 3.56. The summed E-state index contributed by atoms with van der Waals surface area (Å²) in [5.74, 6) is -0.672. The number of benzene rings is 2. The zero-order valence-electron chi connectivity index (χ0n) is 12.1. The molecule has 2 aromatic carbocycles. The molecule has 3 rings (SSSR count). The SMILES string of the molecule is O=C1CN(C(=O)CCl)[C@H](c2ccccc2)c2cc(Br)ccc2N1. The van der Waals surface area contributed by atoms with Crippen LogP contribution in [0.3, 0.4) is 0 Å². The lowest BCUT2D eigenvalue weighted by Crippen LogP contribution is -2.39. The highest BCUT2D eigenvalue weighted by Crippen LogP contribution is 2.37. The Morgan fingerprint density at radius 3 is 2.70 bits per heavy atom. The molecule has 23 heavy (non-hydrogen) atoms. The minimum Gasteiger partial charge on any atom is -0.324 e. The first kappa shape index (κ1) is 16.0. The average molecular weight is 394 g/mol. The maximum absolute atomic E-state index is 12.3. The third kappa shape index (κ3) is 3.26. The fourth-order valence-corrected chi connectivity index (χ4v) is 3.31. The van der Waals surface area contributed by atoms with Crippen LogP contribution in [0.2, 0.25) is 0 Å². The van der Waals surface area contributed by atoms with E-state index >= 15 is 0 Å². The second-order valence-electron chi connectivity index (χ2n) is 5.25. The van der Waals surface area contributed by atoms with Crippen LogP contribution in [0.1, 0.15) is 17.2 Å². The van der Waals surface area contributed by atoms with Gasteiger partial charge in [0.1, 0.15) is 12.4 Å². The number of amides is 2. The molecular formula is C17H14BrClN2O2. The molecule has 1 aliphatic rings. The van der Waals surface area contributed by atoms with Gasteiger partial charge >= 0.3 is 0 Å². The van der Waals surface area contributed by atoms with Crippen LogP contribution in [0.25, 0.3) is 0 Å². The summed E-state index contributed by atoms with van der Waals surface area (Å²) in [4.78, 5) is 26.0.